The minimum atomic E-state index is -0.712. The van der Waals surface area contributed by atoms with E-state index in [0.717, 1.165) is 8.66 Å². The summed E-state index contributed by atoms with van der Waals surface area (Å²) in [4.78, 5) is 32.0. The van der Waals surface area contributed by atoms with E-state index < -0.39 is 12.0 Å². The fourth-order valence-electron chi connectivity index (χ4n) is 3.20. The summed E-state index contributed by atoms with van der Waals surface area (Å²) in [7, 11) is 0. The van der Waals surface area contributed by atoms with Crippen molar-refractivity contribution in [2.24, 2.45) is 4.99 Å². The highest BCUT2D eigenvalue weighted by atomic mass is 79.9. The van der Waals surface area contributed by atoms with Crippen molar-refractivity contribution in [3.05, 3.63) is 75.4 Å². The van der Waals surface area contributed by atoms with Crippen LogP contribution < -0.4 is 14.9 Å². The summed E-state index contributed by atoms with van der Waals surface area (Å²) in [5, 5.41) is 0. The van der Waals surface area contributed by atoms with Crippen LogP contribution in [0.25, 0.3) is 6.08 Å². The number of fused-ring (bicyclic) bond motifs is 1. The van der Waals surface area contributed by atoms with Crippen LogP contribution in [0, 0.1) is 6.92 Å². The lowest BCUT2D eigenvalue weighted by Crippen LogP contribution is -2.39. The van der Waals surface area contributed by atoms with Gasteiger partial charge in [0.15, 0.2) is 4.80 Å². The molecule has 3 aromatic heterocycles. The number of thiophene rings is 1. The van der Waals surface area contributed by atoms with Crippen molar-refractivity contribution in [2.45, 2.75) is 26.8 Å². The Kier molecular flexibility index (Phi) is 5.46. The fourth-order valence-corrected chi connectivity index (χ4v) is 5.68. The summed E-state index contributed by atoms with van der Waals surface area (Å²) in [6.07, 6.45) is 1.84. The normalized spacial score (nSPS) is 16.7. The smallest absolute Gasteiger partial charge is 0.338 e. The highest BCUT2D eigenvalue weighted by Gasteiger charge is 2.35. The van der Waals surface area contributed by atoms with E-state index in [1.807, 2.05) is 31.2 Å². The number of rotatable bonds is 4. The van der Waals surface area contributed by atoms with Gasteiger partial charge < -0.3 is 9.15 Å². The molecule has 0 fully saturated rings. The summed E-state index contributed by atoms with van der Waals surface area (Å²) in [6.45, 7) is 5.55. The summed E-state index contributed by atoms with van der Waals surface area (Å²) >= 11 is 6.27. The lowest BCUT2D eigenvalue weighted by atomic mass is 10.0. The van der Waals surface area contributed by atoms with Gasteiger partial charge in [-0.1, -0.05) is 11.3 Å². The Morgan fingerprint density at radius 1 is 1.31 bits per heavy atom. The van der Waals surface area contributed by atoms with Crippen LogP contribution in [0.15, 0.2) is 53.5 Å². The zero-order valence-corrected chi connectivity index (χ0v) is 19.1. The molecule has 1 aliphatic heterocycles. The minimum absolute atomic E-state index is 0.216. The molecule has 3 aromatic rings. The predicted molar refractivity (Wildman–Crippen MR) is 116 cm³/mol. The molecule has 0 N–H and O–H groups in total. The Morgan fingerprint density at radius 3 is 2.72 bits per heavy atom. The topological polar surface area (TPSA) is 73.8 Å². The number of nitrogens with zero attached hydrogens (tertiary/aromatic N) is 2. The van der Waals surface area contributed by atoms with Crippen molar-refractivity contribution in [2.75, 3.05) is 6.61 Å². The first-order valence-electron chi connectivity index (χ1n) is 8.90. The maximum Gasteiger partial charge on any atom is 0.338 e. The van der Waals surface area contributed by atoms with Crippen LogP contribution in [0.4, 0.5) is 0 Å². The first kappa shape index (κ1) is 20.1. The van der Waals surface area contributed by atoms with Crippen molar-refractivity contribution in [1.29, 1.82) is 0 Å². The highest BCUT2D eigenvalue weighted by molar-refractivity contribution is 9.11. The van der Waals surface area contributed by atoms with Gasteiger partial charge in [-0.25, -0.2) is 9.79 Å². The predicted octanol–water partition coefficient (Wildman–Crippen LogP) is 3.52. The first-order valence-corrected chi connectivity index (χ1v) is 11.3. The molecule has 29 heavy (non-hydrogen) atoms. The second-order valence-corrected chi connectivity index (χ2v) is 9.90. The first-order chi connectivity index (χ1) is 13.9. The van der Waals surface area contributed by atoms with E-state index in [0.29, 0.717) is 32.1 Å². The maximum absolute atomic E-state index is 13.3. The number of thiazole rings is 1. The molecule has 0 bridgehead atoms. The van der Waals surface area contributed by atoms with E-state index >= 15 is 0 Å². The number of furan rings is 1. The molecule has 0 spiro atoms. The third-order valence-electron chi connectivity index (χ3n) is 4.42. The number of ether oxygens (including phenoxy) is 1. The van der Waals surface area contributed by atoms with Crippen LogP contribution in [0.3, 0.4) is 0 Å². The standard InChI is InChI=1S/C20H17BrN2O4S2/c1-4-26-19(25)16-11(3)22-20-23(17(16)13-7-5-10(2)27-13)18(24)14(29-20)9-12-6-8-15(21)28-12/h5-9,17H,4H2,1-3H3/b14-9+/t17-/m1/s1. The number of hydrogen-bond acceptors (Lipinski definition) is 7. The average molecular weight is 493 g/mol. The largest absolute Gasteiger partial charge is 0.464 e. The van der Waals surface area contributed by atoms with Gasteiger partial charge in [-0.15, -0.1) is 11.3 Å². The van der Waals surface area contributed by atoms with Crippen LogP contribution in [0.2, 0.25) is 0 Å². The molecule has 0 saturated carbocycles. The van der Waals surface area contributed by atoms with Crippen LogP contribution in [-0.4, -0.2) is 17.1 Å². The Morgan fingerprint density at radius 2 is 2.10 bits per heavy atom. The van der Waals surface area contributed by atoms with Gasteiger partial charge in [-0.3, -0.25) is 9.36 Å². The molecular formula is C20H17BrN2O4S2. The van der Waals surface area contributed by atoms with Gasteiger partial charge in [0, 0.05) is 4.88 Å². The van der Waals surface area contributed by atoms with Crippen molar-refractivity contribution in [3.8, 4) is 0 Å². The molecule has 0 unspecified atom stereocenters. The van der Waals surface area contributed by atoms with Crippen LogP contribution in [0.5, 0.6) is 0 Å². The van der Waals surface area contributed by atoms with Crippen molar-refractivity contribution < 1.29 is 13.9 Å². The molecule has 0 amide bonds. The molecular weight excluding hydrogens is 476 g/mol. The second-order valence-electron chi connectivity index (χ2n) is 6.39. The Bertz CT molecular complexity index is 1310. The number of allylic oxidation sites excluding steroid dienone is 1. The number of esters is 1. The number of carbonyl (C=O) groups excluding carboxylic acids is 1. The minimum Gasteiger partial charge on any atom is -0.464 e. The summed E-state index contributed by atoms with van der Waals surface area (Å²) in [6, 6.07) is 6.76. The van der Waals surface area contributed by atoms with Gasteiger partial charge >= 0.3 is 5.97 Å². The number of aromatic nitrogens is 1. The molecule has 4 rings (SSSR count). The zero-order chi connectivity index (χ0) is 20.7. The van der Waals surface area contributed by atoms with Crippen LogP contribution >= 0.6 is 38.6 Å². The molecule has 0 aromatic carbocycles. The van der Waals surface area contributed by atoms with Gasteiger partial charge in [0.2, 0.25) is 0 Å². The molecule has 0 aliphatic carbocycles. The van der Waals surface area contributed by atoms with Crippen molar-refractivity contribution >= 4 is 50.6 Å². The van der Waals surface area contributed by atoms with Gasteiger partial charge in [0.25, 0.3) is 5.56 Å². The molecule has 0 saturated heterocycles. The molecule has 0 radical (unpaired) electrons. The maximum atomic E-state index is 13.3. The summed E-state index contributed by atoms with van der Waals surface area (Å²) < 4.78 is 14.1. The summed E-state index contributed by atoms with van der Waals surface area (Å²) in [5.74, 6) is 0.707. The third-order valence-corrected chi connectivity index (χ3v) is 6.97. The highest BCUT2D eigenvalue weighted by Crippen LogP contribution is 2.31. The van der Waals surface area contributed by atoms with Crippen molar-refractivity contribution in [1.82, 2.24) is 4.57 Å². The molecule has 9 heteroatoms. The zero-order valence-electron chi connectivity index (χ0n) is 15.9. The average Bonchev–Trinajstić information content (AvgIpc) is 3.35. The van der Waals surface area contributed by atoms with E-state index in [-0.39, 0.29) is 12.2 Å². The molecule has 4 heterocycles. The number of aryl methyl sites for hydroxylation is 1. The molecule has 1 aliphatic rings. The monoisotopic (exact) mass is 492 g/mol. The summed E-state index contributed by atoms with van der Waals surface area (Å²) in [5.41, 5.74) is 0.625. The quantitative estimate of drug-likeness (QED) is 0.522. The van der Waals surface area contributed by atoms with Gasteiger partial charge in [-0.2, -0.15) is 0 Å². The lowest BCUT2D eigenvalue weighted by Gasteiger charge is -2.22. The van der Waals surface area contributed by atoms with Crippen LogP contribution in [-0.2, 0) is 9.53 Å². The Balaban J connectivity index is 1.96. The lowest BCUT2D eigenvalue weighted by molar-refractivity contribution is -0.139. The van der Waals surface area contributed by atoms with Gasteiger partial charge in [0.1, 0.15) is 17.6 Å². The Hall–Kier alpha value is -2.23. The fraction of sp³-hybridized carbons (Fsp3) is 0.250. The Labute approximate surface area is 182 Å². The molecule has 150 valence electrons. The van der Waals surface area contributed by atoms with Gasteiger partial charge in [-0.05, 0) is 67.0 Å². The number of hydrogen-bond donors (Lipinski definition) is 0. The van der Waals surface area contributed by atoms with E-state index in [2.05, 4.69) is 20.9 Å². The molecule has 6 nitrogen and oxygen atoms in total. The van der Waals surface area contributed by atoms with E-state index in [1.165, 1.54) is 27.2 Å². The number of carbonyl (C=O) groups is 1. The van der Waals surface area contributed by atoms with E-state index in [1.54, 1.807) is 19.9 Å². The van der Waals surface area contributed by atoms with Crippen molar-refractivity contribution in [3.63, 3.8) is 0 Å². The third kappa shape index (κ3) is 3.70. The second kappa shape index (κ2) is 7.89. The van der Waals surface area contributed by atoms with Crippen LogP contribution in [0.1, 0.15) is 36.3 Å². The van der Waals surface area contributed by atoms with E-state index in [9.17, 15) is 9.59 Å². The van der Waals surface area contributed by atoms with Gasteiger partial charge in [0.05, 0.1) is 26.2 Å². The SMILES string of the molecule is CCOC(=O)C1=C(C)N=c2s/c(=C/c3ccc(Br)s3)c(=O)n2[C@@H]1c1ccc(C)o1. The number of halogens is 1. The molecule has 1 atom stereocenters. The van der Waals surface area contributed by atoms with E-state index in [4.69, 9.17) is 9.15 Å².